The van der Waals surface area contributed by atoms with Gasteiger partial charge in [-0.2, -0.15) is 10.2 Å². The topological polar surface area (TPSA) is 97.5 Å². The Labute approximate surface area is 94.0 Å². The van der Waals surface area contributed by atoms with Crippen LogP contribution in [0.25, 0.3) is 0 Å². The summed E-state index contributed by atoms with van der Waals surface area (Å²) >= 11 is 0. The number of hydrazone groups is 1. The fraction of sp³-hybridized carbons (Fsp3) is 0.556. The van der Waals surface area contributed by atoms with Crippen LogP contribution in [-0.2, 0) is 13.1 Å². The second kappa shape index (κ2) is 4.50. The summed E-state index contributed by atoms with van der Waals surface area (Å²) in [5.74, 6) is 10.9. The Hall–Kier alpha value is -1.60. The van der Waals surface area contributed by atoms with Crippen molar-refractivity contribution in [1.29, 1.82) is 0 Å². The average Bonchev–Trinajstić information content (AvgIpc) is 2.55. The molecule has 0 bridgehead atoms. The van der Waals surface area contributed by atoms with E-state index in [9.17, 15) is 0 Å². The molecule has 0 saturated heterocycles. The van der Waals surface area contributed by atoms with Gasteiger partial charge in [0, 0.05) is 19.6 Å². The zero-order valence-electron chi connectivity index (χ0n) is 9.35. The lowest BCUT2D eigenvalue weighted by atomic mass is 10.3. The number of hydrogen-bond donors (Lipinski definition) is 3. The number of aryl methyl sites for hydroxylation is 1. The molecular formula is C9H17N7. The van der Waals surface area contributed by atoms with Crippen LogP contribution in [0.2, 0.25) is 0 Å². The van der Waals surface area contributed by atoms with Gasteiger partial charge in [-0.15, -0.1) is 0 Å². The first-order valence-electron chi connectivity index (χ1n) is 5.24. The van der Waals surface area contributed by atoms with Gasteiger partial charge in [-0.05, 0) is 19.5 Å². The SMILES string of the molecule is CN1CCCn2nc(/C(=N/N)NN)cc2C1. The quantitative estimate of drug-likeness (QED) is 0.240. The molecule has 2 heterocycles. The van der Waals surface area contributed by atoms with E-state index in [1.807, 2.05) is 10.7 Å². The van der Waals surface area contributed by atoms with Gasteiger partial charge >= 0.3 is 0 Å². The highest BCUT2D eigenvalue weighted by Gasteiger charge is 2.16. The van der Waals surface area contributed by atoms with Gasteiger partial charge in [0.15, 0.2) is 5.84 Å². The summed E-state index contributed by atoms with van der Waals surface area (Å²) in [5.41, 5.74) is 4.29. The summed E-state index contributed by atoms with van der Waals surface area (Å²) in [6.45, 7) is 2.89. The molecule has 0 radical (unpaired) electrons. The largest absolute Gasteiger partial charge is 0.321 e. The molecule has 1 aliphatic heterocycles. The number of fused-ring (bicyclic) bond motifs is 1. The Kier molecular flexibility index (Phi) is 3.07. The van der Waals surface area contributed by atoms with Crippen molar-refractivity contribution in [3.63, 3.8) is 0 Å². The second-order valence-electron chi connectivity index (χ2n) is 3.96. The molecule has 0 unspecified atom stereocenters. The smallest absolute Gasteiger partial charge is 0.187 e. The van der Waals surface area contributed by atoms with Crippen molar-refractivity contribution in [3.8, 4) is 0 Å². The Bertz CT molecular complexity index is 395. The molecule has 7 heteroatoms. The van der Waals surface area contributed by atoms with Crippen LogP contribution in [0.3, 0.4) is 0 Å². The number of nitrogens with zero attached hydrogens (tertiary/aromatic N) is 4. The van der Waals surface area contributed by atoms with E-state index in [0.717, 1.165) is 31.7 Å². The lowest BCUT2D eigenvalue weighted by Gasteiger charge is -2.10. The van der Waals surface area contributed by atoms with E-state index in [-0.39, 0.29) is 0 Å². The van der Waals surface area contributed by atoms with Gasteiger partial charge in [0.25, 0.3) is 0 Å². The molecule has 7 nitrogen and oxygen atoms in total. The van der Waals surface area contributed by atoms with Crippen molar-refractivity contribution < 1.29 is 0 Å². The van der Waals surface area contributed by atoms with Gasteiger partial charge in [-0.1, -0.05) is 0 Å². The molecule has 88 valence electrons. The highest BCUT2D eigenvalue weighted by Crippen LogP contribution is 2.12. The average molecular weight is 223 g/mol. The highest BCUT2D eigenvalue weighted by atomic mass is 15.4. The van der Waals surface area contributed by atoms with Crippen LogP contribution in [0.15, 0.2) is 11.2 Å². The second-order valence-corrected chi connectivity index (χ2v) is 3.96. The molecule has 2 rings (SSSR count). The number of nitrogens with two attached hydrogens (primary N) is 2. The van der Waals surface area contributed by atoms with Gasteiger partial charge in [0.05, 0.1) is 5.69 Å². The minimum Gasteiger partial charge on any atom is -0.321 e. The van der Waals surface area contributed by atoms with Gasteiger partial charge < -0.3 is 16.2 Å². The van der Waals surface area contributed by atoms with Crippen LogP contribution in [0.1, 0.15) is 17.8 Å². The van der Waals surface area contributed by atoms with E-state index in [1.54, 1.807) is 0 Å². The van der Waals surface area contributed by atoms with Crippen LogP contribution < -0.4 is 17.1 Å². The summed E-state index contributed by atoms with van der Waals surface area (Å²) in [4.78, 5) is 2.26. The molecule has 16 heavy (non-hydrogen) atoms. The Morgan fingerprint density at radius 1 is 1.56 bits per heavy atom. The first-order chi connectivity index (χ1) is 7.74. The highest BCUT2D eigenvalue weighted by molar-refractivity contribution is 5.96. The molecule has 0 saturated carbocycles. The minimum atomic E-state index is 0.406. The molecule has 0 amide bonds. The summed E-state index contributed by atoms with van der Waals surface area (Å²) in [6.07, 6.45) is 1.09. The predicted molar refractivity (Wildman–Crippen MR) is 61.2 cm³/mol. The van der Waals surface area contributed by atoms with Crippen LogP contribution in [0, 0.1) is 0 Å². The Balaban J connectivity index is 2.29. The molecule has 0 atom stereocenters. The maximum absolute atomic E-state index is 5.31. The summed E-state index contributed by atoms with van der Waals surface area (Å²) in [6, 6.07) is 1.97. The lowest BCUT2D eigenvalue weighted by Crippen LogP contribution is -2.32. The predicted octanol–water partition coefficient (Wildman–Crippen LogP) is -1.20. The third-order valence-corrected chi connectivity index (χ3v) is 2.71. The summed E-state index contributed by atoms with van der Waals surface area (Å²) in [7, 11) is 2.10. The van der Waals surface area contributed by atoms with Crippen LogP contribution in [-0.4, -0.2) is 34.1 Å². The number of nitrogens with one attached hydrogen (secondary N) is 1. The van der Waals surface area contributed by atoms with Crippen molar-refractivity contribution in [3.05, 3.63) is 17.5 Å². The van der Waals surface area contributed by atoms with Crippen molar-refractivity contribution in [2.45, 2.75) is 19.5 Å². The maximum atomic E-state index is 5.31. The van der Waals surface area contributed by atoms with E-state index in [4.69, 9.17) is 11.7 Å². The fourth-order valence-corrected chi connectivity index (χ4v) is 1.92. The number of rotatable bonds is 1. The first-order valence-corrected chi connectivity index (χ1v) is 5.24. The zero-order valence-corrected chi connectivity index (χ0v) is 9.35. The lowest BCUT2D eigenvalue weighted by molar-refractivity contribution is 0.332. The first kappa shape index (κ1) is 10.9. The van der Waals surface area contributed by atoms with Crippen molar-refractivity contribution >= 4 is 5.84 Å². The third kappa shape index (κ3) is 2.00. The number of amidine groups is 1. The number of hydrogen-bond acceptors (Lipinski definition) is 5. The normalized spacial score (nSPS) is 18.0. The van der Waals surface area contributed by atoms with E-state index >= 15 is 0 Å². The van der Waals surface area contributed by atoms with Crippen molar-refractivity contribution in [2.24, 2.45) is 16.8 Å². The van der Waals surface area contributed by atoms with Gasteiger partial charge in [-0.25, -0.2) is 5.84 Å². The summed E-state index contributed by atoms with van der Waals surface area (Å²) < 4.78 is 1.99. The Morgan fingerprint density at radius 2 is 2.38 bits per heavy atom. The molecule has 0 spiro atoms. The maximum Gasteiger partial charge on any atom is 0.187 e. The fourth-order valence-electron chi connectivity index (χ4n) is 1.92. The molecule has 1 aromatic heterocycles. The molecule has 0 aliphatic carbocycles. The van der Waals surface area contributed by atoms with Crippen molar-refractivity contribution in [1.82, 2.24) is 20.1 Å². The van der Waals surface area contributed by atoms with Gasteiger partial charge in [0.2, 0.25) is 0 Å². The van der Waals surface area contributed by atoms with Crippen molar-refractivity contribution in [2.75, 3.05) is 13.6 Å². The molecule has 5 N–H and O–H groups in total. The monoisotopic (exact) mass is 223 g/mol. The molecule has 1 aliphatic rings. The zero-order chi connectivity index (χ0) is 11.5. The molecular weight excluding hydrogens is 206 g/mol. The third-order valence-electron chi connectivity index (χ3n) is 2.71. The molecule has 0 aromatic carbocycles. The van der Waals surface area contributed by atoms with Crippen LogP contribution in [0.4, 0.5) is 0 Å². The standard InChI is InChI=1S/C9H17N7/c1-15-3-2-4-16-7(6-15)5-8(14-16)9(12-10)13-11/h5H,2-4,6,10-11H2,1H3,(H,12,13). The van der Waals surface area contributed by atoms with E-state index < -0.39 is 0 Å². The summed E-state index contributed by atoms with van der Waals surface area (Å²) in [5, 5.41) is 7.98. The van der Waals surface area contributed by atoms with E-state index in [2.05, 4.69) is 27.6 Å². The van der Waals surface area contributed by atoms with Crippen LogP contribution >= 0.6 is 0 Å². The molecule has 1 aromatic rings. The van der Waals surface area contributed by atoms with E-state index in [1.165, 1.54) is 0 Å². The number of hydrazine groups is 1. The molecule has 0 fully saturated rings. The van der Waals surface area contributed by atoms with E-state index in [0.29, 0.717) is 11.5 Å². The minimum absolute atomic E-state index is 0.406. The van der Waals surface area contributed by atoms with Gasteiger partial charge in [0.1, 0.15) is 5.69 Å². The van der Waals surface area contributed by atoms with Gasteiger partial charge in [-0.3, -0.25) is 4.68 Å². The van der Waals surface area contributed by atoms with Crippen LogP contribution in [0.5, 0.6) is 0 Å². The number of aromatic nitrogens is 2. The Morgan fingerprint density at radius 3 is 3.06 bits per heavy atom.